The standard InChI is InChI=1S/C22H32N4O2S/c1-22(2,3)14-4-5-16-17(12-14)29-20-19(16)21(28)26(13-24-20)11-8-18(27)25-15-6-9-23-10-7-15/h13-15,23H,4-12H2,1-3H3,(H,25,27). The third kappa shape index (κ3) is 4.40. The van der Waals surface area contributed by atoms with Gasteiger partial charge in [0.2, 0.25) is 5.91 Å². The van der Waals surface area contributed by atoms with Crippen molar-refractivity contribution in [2.75, 3.05) is 13.1 Å². The van der Waals surface area contributed by atoms with Gasteiger partial charge in [-0.2, -0.15) is 0 Å². The minimum atomic E-state index is 0.0105. The number of nitrogens with zero attached hydrogens (tertiary/aromatic N) is 2. The Bertz CT molecular complexity index is 950. The van der Waals surface area contributed by atoms with Crippen LogP contribution in [-0.4, -0.2) is 34.6 Å². The first-order valence-electron chi connectivity index (χ1n) is 10.8. The Morgan fingerprint density at radius 2 is 2.07 bits per heavy atom. The lowest BCUT2D eigenvalue weighted by atomic mass is 9.72. The van der Waals surface area contributed by atoms with E-state index in [1.807, 2.05) is 0 Å². The van der Waals surface area contributed by atoms with E-state index < -0.39 is 0 Å². The van der Waals surface area contributed by atoms with E-state index in [0.717, 1.165) is 55.4 Å². The summed E-state index contributed by atoms with van der Waals surface area (Å²) >= 11 is 1.68. The molecule has 1 amide bonds. The molecule has 0 bridgehead atoms. The number of amides is 1. The maximum Gasteiger partial charge on any atom is 0.262 e. The molecule has 3 heterocycles. The topological polar surface area (TPSA) is 76.0 Å². The highest BCUT2D eigenvalue weighted by Gasteiger charge is 2.31. The van der Waals surface area contributed by atoms with Gasteiger partial charge in [-0.05, 0) is 62.1 Å². The third-order valence-electron chi connectivity index (χ3n) is 6.54. The van der Waals surface area contributed by atoms with E-state index in [2.05, 4.69) is 36.4 Å². The van der Waals surface area contributed by atoms with Gasteiger partial charge >= 0.3 is 0 Å². The summed E-state index contributed by atoms with van der Waals surface area (Å²) in [5, 5.41) is 7.19. The lowest BCUT2D eigenvalue weighted by molar-refractivity contribution is -0.122. The first kappa shape index (κ1) is 20.5. The maximum atomic E-state index is 13.1. The van der Waals surface area contributed by atoms with Crippen LogP contribution < -0.4 is 16.2 Å². The van der Waals surface area contributed by atoms with Crippen LogP contribution in [0.2, 0.25) is 0 Å². The Morgan fingerprint density at radius 1 is 1.31 bits per heavy atom. The van der Waals surface area contributed by atoms with E-state index in [-0.39, 0.29) is 22.9 Å². The average molecular weight is 417 g/mol. The molecule has 1 aliphatic carbocycles. The van der Waals surface area contributed by atoms with Crippen LogP contribution in [0.25, 0.3) is 10.2 Å². The zero-order valence-electron chi connectivity index (χ0n) is 17.7. The molecular weight excluding hydrogens is 384 g/mol. The fourth-order valence-corrected chi connectivity index (χ4v) is 5.85. The summed E-state index contributed by atoms with van der Waals surface area (Å²) in [6.45, 7) is 9.19. The van der Waals surface area contributed by atoms with Crippen molar-refractivity contribution in [2.24, 2.45) is 11.3 Å². The second-order valence-electron chi connectivity index (χ2n) is 9.57. The lowest BCUT2D eigenvalue weighted by Gasteiger charge is -2.33. The van der Waals surface area contributed by atoms with Gasteiger partial charge in [0.25, 0.3) is 5.56 Å². The maximum absolute atomic E-state index is 13.1. The second kappa shape index (κ2) is 8.19. The number of thiophene rings is 1. The largest absolute Gasteiger partial charge is 0.353 e. The van der Waals surface area contributed by atoms with Gasteiger partial charge in [0.15, 0.2) is 0 Å². The molecule has 1 atom stereocenters. The van der Waals surface area contributed by atoms with Crippen molar-refractivity contribution < 1.29 is 4.79 Å². The van der Waals surface area contributed by atoms with Crippen molar-refractivity contribution >= 4 is 27.5 Å². The van der Waals surface area contributed by atoms with Gasteiger partial charge in [-0.15, -0.1) is 11.3 Å². The minimum Gasteiger partial charge on any atom is -0.353 e. The number of hydrogen-bond donors (Lipinski definition) is 2. The molecule has 6 nitrogen and oxygen atoms in total. The SMILES string of the molecule is CC(C)(C)C1CCc2c(sc3ncn(CCC(=O)NC4CCNCC4)c(=O)c23)C1. The molecular formula is C22H32N4O2S. The zero-order chi connectivity index (χ0) is 20.6. The summed E-state index contributed by atoms with van der Waals surface area (Å²) in [6.07, 6.45) is 6.98. The van der Waals surface area contributed by atoms with Crippen molar-refractivity contribution in [3.8, 4) is 0 Å². The van der Waals surface area contributed by atoms with Gasteiger partial charge in [0, 0.05) is 23.9 Å². The van der Waals surface area contributed by atoms with E-state index in [0.29, 0.717) is 18.9 Å². The molecule has 2 aromatic heterocycles. The van der Waals surface area contributed by atoms with Crippen molar-refractivity contribution in [1.29, 1.82) is 0 Å². The fourth-order valence-electron chi connectivity index (χ4n) is 4.59. The molecule has 0 aromatic carbocycles. The molecule has 0 saturated carbocycles. The van der Waals surface area contributed by atoms with Crippen molar-refractivity contribution in [1.82, 2.24) is 20.2 Å². The summed E-state index contributed by atoms with van der Waals surface area (Å²) in [5.74, 6) is 0.660. The van der Waals surface area contributed by atoms with Crippen LogP contribution >= 0.6 is 11.3 Å². The van der Waals surface area contributed by atoms with E-state index >= 15 is 0 Å². The molecule has 0 spiro atoms. The summed E-state index contributed by atoms with van der Waals surface area (Å²) in [7, 11) is 0. The number of carbonyl (C=O) groups is 1. The highest BCUT2D eigenvalue weighted by molar-refractivity contribution is 7.18. The van der Waals surface area contributed by atoms with E-state index in [9.17, 15) is 9.59 Å². The van der Waals surface area contributed by atoms with E-state index in [1.54, 1.807) is 22.2 Å². The summed E-state index contributed by atoms with van der Waals surface area (Å²) in [6, 6.07) is 0.251. The van der Waals surface area contributed by atoms with Crippen LogP contribution in [0.3, 0.4) is 0 Å². The molecule has 1 aliphatic heterocycles. The molecule has 29 heavy (non-hydrogen) atoms. The minimum absolute atomic E-state index is 0.0105. The number of fused-ring (bicyclic) bond motifs is 3. The number of carbonyl (C=O) groups excluding carboxylic acids is 1. The van der Waals surface area contributed by atoms with Gasteiger partial charge in [0.05, 0.1) is 11.7 Å². The molecule has 4 rings (SSSR count). The lowest BCUT2D eigenvalue weighted by Crippen LogP contribution is -2.43. The smallest absolute Gasteiger partial charge is 0.262 e. The first-order valence-corrected chi connectivity index (χ1v) is 11.6. The fraction of sp³-hybridized carbons (Fsp3) is 0.682. The monoisotopic (exact) mass is 416 g/mol. The van der Waals surface area contributed by atoms with Crippen LogP contribution in [0.15, 0.2) is 11.1 Å². The first-order chi connectivity index (χ1) is 13.8. The van der Waals surface area contributed by atoms with Gasteiger partial charge < -0.3 is 10.6 Å². The average Bonchev–Trinajstić information content (AvgIpc) is 3.06. The summed E-state index contributed by atoms with van der Waals surface area (Å²) in [5.41, 5.74) is 1.50. The highest BCUT2D eigenvalue weighted by atomic mass is 32.1. The van der Waals surface area contributed by atoms with Crippen LogP contribution in [0.5, 0.6) is 0 Å². The number of piperidine rings is 1. The van der Waals surface area contributed by atoms with Crippen molar-refractivity contribution in [2.45, 2.75) is 71.9 Å². The Hall–Kier alpha value is -1.73. The van der Waals surface area contributed by atoms with Gasteiger partial charge in [-0.25, -0.2) is 4.98 Å². The van der Waals surface area contributed by atoms with Gasteiger partial charge in [-0.3, -0.25) is 14.2 Å². The van der Waals surface area contributed by atoms with Crippen molar-refractivity contribution in [3.05, 3.63) is 27.1 Å². The Balaban J connectivity index is 1.48. The van der Waals surface area contributed by atoms with E-state index in [4.69, 9.17) is 0 Å². The number of rotatable bonds is 4. The highest BCUT2D eigenvalue weighted by Crippen LogP contribution is 2.41. The molecule has 1 unspecified atom stereocenters. The number of nitrogens with one attached hydrogen (secondary N) is 2. The number of aryl methyl sites for hydroxylation is 2. The molecule has 1 fully saturated rings. The third-order valence-corrected chi connectivity index (χ3v) is 7.71. The second-order valence-corrected chi connectivity index (χ2v) is 10.7. The Kier molecular flexibility index (Phi) is 5.80. The van der Waals surface area contributed by atoms with Crippen LogP contribution in [0.1, 0.15) is 56.9 Å². The van der Waals surface area contributed by atoms with Gasteiger partial charge in [-0.1, -0.05) is 20.8 Å². The van der Waals surface area contributed by atoms with E-state index in [1.165, 1.54) is 10.4 Å². The molecule has 0 radical (unpaired) electrons. The summed E-state index contributed by atoms with van der Waals surface area (Å²) in [4.78, 5) is 32.2. The Labute approximate surface area is 176 Å². The van der Waals surface area contributed by atoms with Gasteiger partial charge in [0.1, 0.15) is 4.83 Å². The quantitative estimate of drug-likeness (QED) is 0.804. The predicted molar refractivity (Wildman–Crippen MR) is 118 cm³/mol. The molecule has 2 aliphatic rings. The molecule has 158 valence electrons. The zero-order valence-corrected chi connectivity index (χ0v) is 18.5. The molecule has 1 saturated heterocycles. The van der Waals surface area contributed by atoms with Crippen LogP contribution in [0, 0.1) is 11.3 Å². The molecule has 7 heteroatoms. The Morgan fingerprint density at radius 3 is 2.79 bits per heavy atom. The summed E-state index contributed by atoms with van der Waals surface area (Å²) < 4.78 is 1.62. The van der Waals surface area contributed by atoms with Crippen molar-refractivity contribution in [3.63, 3.8) is 0 Å². The predicted octanol–water partition coefficient (Wildman–Crippen LogP) is 2.87. The number of aromatic nitrogens is 2. The molecule has 2 N–H and O–H groups in total. The van der Waals surface area contributed by atoms with Crippen LogP contribution in [0.4, 0.5) is 0 Å². The number of hydrogen-bond acceptors (Lipinski definition) is 5. The normalized spacial score (nSPS) is 20.6. The molecule has 2 aromatic rings. The van der Waals surface area contributed by atoms with Crippen LogP contribution in [-0.2, 0) is 24.2 Å².